The Bertz CT molecular complexity index is 1760. The van der Waals surface area contributed by atoms with Crippen LogP contribution in [0.15, 0.2) is 131 Å². The number of fused-ring (bicyclic) bond motifs is 2. The Balaban J connectivity index is 1.24. The van der Waals surface area contributed by atoms with Crippen LogP contribution in [0.1, 0.15) is 36.8 Å². The summed E-state index contributed by atoms with van der Waals surface area (Å²) in [6.07, 6.45) is 18.0. The van der Waals surface area contributed by atoms with Crippen molar-refractivity contribution in [3.8, 4) is 0 Å². The molecule has 0 atom stereocenters. The van der Waals surface area contributed by atoms with E-state index in [1.54, 1.807) is 12.4 Å². The lowest BCUT2D eigenvalue weighted by Gasteiger charge is -2.11. The molecule has 1 aliphatic heterocycles. The van der Waals surface area contributed by atoms with Gasteiger partial charge in [0.25, 0.3) is 0 Å². The third-order valence-corrected chi connectivity index (χ3v) is 7.92. The average Bonchev–Trinajstić information content (AvgIpc) is 3.12. The van der Waals surface area contributed by atoms with Crippen molar-refractivity contribution in [1.82, 2.24) is 0 Å². The van der Waals surface area contributed by atoms with Crippen LogP contribution < -0.4 is 19.8 Å². The van der Waals surface area contributed by atoms with Crippen LogP contribution in [0.25, 0.3) is 0 Å². The van der Waals surface area contributed by atoms with Gasteiger partial charge in [0.1, 0.15) is 14.1 Å². The fourth-order valence-corrected chi connectivity index (χ4v) is 5.21. The van der Waals surface area contributed by atoms with Crippen molar-refractivity contribution in [1.29, 1.82) is 0 Å². The number of aromatic nitrogens is 2. The highest BCUT2D eigenvalue weighted by atomic mass is 16.5. The Hall–Kier alpha value is -5.90. The number of nitrogens with one attached hydrogen (secondary N) is 2. The molecule has 10 nitrogen and oxygen atoms in total. The molecule has 1 aliphatic rings. The fourth-order valence-electron chi connectivity index (χ4n) is 5.21. The second kappa shape index (κ2) is 18.6. The first-order valence-corrected chi connectivity index (χ1v) is 16.8. The van der Waals surface area contributed by atoms with Crippen molar-refractivity contribution in [3.63, 3.8) is 0 Å². The summed E-state index contributed by atoms with van der Waals surface area (Å²) in [5.74, 6) is -0.480. The van der Waals surface area contributed by atoms with Gasteiger partial charge in [0.2, 0.25) is 0 Å². The molecule has 0 spiro atoms. The first kappa shape index (κ1) is 35.4. The summed E-state index contributed by atoms with van der Waals surface area (Å²) < 4.78 is 15.1. The molecule has 0 aliphatic carbocycles. The van der Waals surface area contributed by atoms with Crippen molar-refractivity contribution in [2.75, 3.05) is 23.8 Å². The maximum absolute atomic E-state index is 12.5. The monoisotopic (exact) mass is 672 g/mol. The molecule has 0 fully saturated rings. The Morgan fingerprint density at radius 2 is 1.04 bits per heavy atom. The van der Waals surface area contributed by atoms with E-state index in [1.165, 1.54) is 0 Å². The van der Waals surface area contributed by atoms with E-state index < -0.39 is 0 Å². The molecule has 0 saturated heterocycles. The largest absolute Gasteiger partial charge is 0.465 e. The Morgan fingerprint density at radius 1 is 0.600 bits per heavy atom. The highest BCUT2D eigenvalue weighted by molar-refractivity contribution is 5.87. The molecule has 256 valence electrons. The van der Waals surface area contributed by atoms with Crippen molar-refractivity contribution in [2.45, 2.75) is 38.5 Å². The van der Waals surface area contributed by atoms with Gasteiger partial charge in [0.05, 0.1) is 36.0 Å². The van der Waals surface area contributed by atoms with E-state index >= 15 is 0 Å². The standard InChI is InChI=1S/C40H44N6O4/c1-45-21-7-9-31(29-45)15-17-39(47)49-23-19-33-25-41-35-11-3-5-13-37(35)43-27-34(28-44-38-14-6-4-12-36(38)42-26-33)20-24-50-40(48)18-16-32-10-8-22-46(2)30-32/h3-14,21-22,25-30,41,44H,15-20,23-24H2,1-2H3/q+2/b33-25+,34-28+,42-26?,43-27?. The number of aryl methyl sites for hydroxylation is 4. The molecule has 0 unspecified atom stereocenters. The van der Waals surface area contributed by atoms with E-state index in [9.17, 15) is 9.59 Å². The van der Waals surface area contributed by atoms with Gasteiger partial charge in [-0.05, 0) is 60.4 Å². The van der Waals surface area contributed by atoms with Crippen molar-refractivity contribution < 1.29 is 28.2 Å². The first-order chi connectivity index (χ1) is 24.4. The SMILES string of the molecule is C[n+]1cccc(CCC(=O)OCC/C2=C\Nc3ccccc3N=C/C(CCOC(=O)CCc3ccc[n+](C)c3)=C/Nc3ccccc3N=C2)c1. The number of pyridine rings is 2. The minimum absolute atomic E-state index is 0.225. The van der Waals surface area contributed by atoms with Gasteiger partial charge in [0.15, 0.2) is 24.8 Å². The summed E-state index contributed by atoms with van der Waals surface area (Å²) in [5, 5.41) is 6.74. The average molecular weight is 673 g/mol. The molecular weight excluding hydrogens is 628 g/mol. The third kappa shape index (κ3) is 11.7. The van der Waals surface area contributed by atoms with Crippen LogP contribution in [-0.4, -0.2) is 37.6 Å². The molecule has 0 saturated carbocycles. The summed E-state index contributed by atoms with van der Waals surface area (Å²) in [7, 11) is 3.92. The minimum Gasteiger partial charge on any atom is -0.465 e. The first-order valence-electron chi connectivity index (χ1n) is 16.8. The maximum Gasteiger partial charge on any atom is 0.306 e. The van der Waals surface area contributed by atoms with E-state index in [4.69, 9.17) is 19.5 Å². The fraction of sp³-hybridized carbons (Fsp3) is 0.250. The number of para-hydroxylation sites is 4. The van der Waals surface area contributed by atoms with E-state index in [-0.39, 0.29) is 25.2 Å². The topological polar surface area (TPSA) is 109 Å². The van der Waals surface area contributed by atoms with Crippen LogP contribution in [-0.2, 0) is 46.0 Å². The zero-order chi connectivity index (χ0) is 35.0. The number of hydrogen-bond donors (Lipinski definition) is 2. The number of hydrogen-bond acceptors (Lipinski definition) is 8. The van der Waals surface area contributed by atoms with Gasteiger partial charge in [-0.2, -0.15) is 0 Å². The number of rotatable bonds is 12. The second-order valence-corrected chi connectivity index (χ2v) is 12.0. The zero-order valence-corrected chi connectivity index (χ0v) is 28.6. The number of anilines is 2. The summed E-state index contributed by atoms with van der Waals surface area (Å²) in [4.78, 5) is 34.6. The number of benzene rings is 2. The van der Waals surface area contributed by atoms with Crippen LogP contribution >= 0.6 is 0 Å². The Morgan fingerprint density at radius 3 is 1.48 bits per heavy atom. The molecule has 4 aromatic rings. The van der Waals surface area contributed by atoms with Gasteiger partial charge in [-0.15, -0.1) is 0 Å². The van der Waals surface area contributed by atoms with E-state index in [1.807, 2.05) is 133 Å². The molecule has 2 aromatic heterocycles. The van der Waals surface area contributed by atoms with Crippen LogP contribution in [0, 0.1) is 0 Å². The quantitative estimate of drug-likeness (QED) is 0.138. The van der Waals surface area contributed by atoms with Crippen LogP contribution in [0.4, 0.5) is 22.7 Å². The highest BCUT2D eigenvalue weighted by Gasteiger charge is 2.10. The van der Waals surface area contributed by atoms with E-state index in [2.05, 4.69) is 10.6 Å². The molecule has 3 heterocycles. The van der Waals surface area contributed by atoms with Crippen LogP contribution in [0.5, 0.6) is 0 Å². The Labute approximate surface area is 293 Å². The molecule has 2 N–H and O–H groups in total. The molecule has 10 heteroatoms. The van der Waals surface area contributed by atoms with Gasteiger partial charge in [-0.1, -0.05) is 24.3 Å². The number of ether oxygens (including phenoxy) is 2. The summed E-state index contributed by atoms with van der Waals surface area (Å²) in [5.41, 5.74) is 6.92. The van der Waals surface area contributed by atoms with Gasteiger partial charge in [-0.3, -0.25) is 19.6 Å². The van der Waals surface area contributed by atoms with Crippen molar-refractivity contribution in [2.24, 2.45) is 24.1 Å². The lowest BCUT2D eigenvalue weighted by atomic mass is 10.1. The Kier molecular flexibility index (Phi) is 13.2. The van der Waals surface area contributed by atoms with Gasteiger partial charge in [-0.25, -0.2) is 9.13 Å². The third-order valence-electron chi connectivity index (χ3n) is 7.92. The summed E-state index contributed by atoms with van der Waals surface area (Å²) in [6.45, 7) is 0.449. The number of nitrogens with zero attached hydrogens (tertiary/aromatic N) is 4. The molecule has 5 rings (SSSR count). The lowest BCUT2D eigenvalue weighted by Crippen LogP contribution is -2.27. The molecule has 0 amide bonds. The smallest absolute Gasteiger partial charge is 0.306 e. The van der Waals surface area contributed by atoms with Crippen molar-refractivity contribution >= 4 is 47.1 Å². The highest BCUT2D eigenvalue weighted by Crippen LogP contribution is 2.27. The van der Waals surface area contributed by atoms with Gasteiger partial charge in [0, 0.05) is 73.8 Å². The summed E-state index contributed by atoms with van der Waals surface area (Å²) >= 11 is 0. The maximum atomic E-state index is 12.5. The number of aliphatic imine (C=N–C) groups is 2. The number of esters is 2. The van der Waals surface area contributed by atoms with Crippen molar-refractivity contribution in [3.05, 3.63) is 132 Å². The summed E-state index contributed by atoms with van der Waals surface area (Å²) in [6, 6.07) is 23.4. The normalized spacial score (nSPS) is 14.7. The molecular formula is C40H44N6O4+2. The van der Waals surface area contributed by atoms with Crippen LogP contribution in [0.2, 0.25) is 0 Å². The van der Waals surface area contributed by atoms with E-state index in [0.29, 0.717) is 38.5 Å². The van der Waals surface area contributed by atoms with E-state index in [0.717, 1.165) is 45.0 Å². The number of carbonyl (C=O) groups excluding carboxylic acids is 2. The predicted molar refractivity (Wildman–Crippen MR) is 196 cm³/mol. The van der Waals surface area contributed by atoms with Gasteiger partial charge >= 0.3 is 11.9 Å². The van der Waals surface area contributed by atoms with Gasteiger partial charge < -0.3 is 20.1 Å². The zero-order valence-electron chi connectivity index (χ0n) is 28.6. The van der Waals surface area contributed by atoms with Crippen LogP contribution in [0.3, 0.4) is 0 Å². The molecule has 0 bridgehead atoms. The lowest BCUT2D eigenvalue weighted by molar-refractivity contribution is -0.672. The number of carbonyl (C=O) groups is 2. The molecule has 50 heavy (non-hydrogen) atoms. The predicted octanol–water partition coefficient (Wildman–Crippen LogP) is 6.18. The minimum atomic E-state index is -0.240. The molecule has 2 aromatic carbocycles. The second-order valence-electron chi connectivity index (χ2n) is 12.0. The molecule has 0 radical (unpaired) electrons.